The first-order chi connectivity index (χ1) is 10.1. The van der Waals surface area contributed by atoms with Gasteiger partial charge in [0.25, 0.3) is 11.6 Å². The van der Waals surface area contributed by atoms with E-state index in [-0.39, 0.29) is 11.3 Å². The molecule has 8 heteroatoms. The molecule has 0 bridgehead atoms. The molecule has 2 aromatic rings. The highest BCUT2D eigenvalue weighted by Gasteiger charge is 2.16. The zero-order chi connectivity index (χ0) is 15.2. The molecule has 0 unspecified atom stereocenters. The van der Waals surface area contributed by atoms with Crippen LogP contribution in [0.1, 0.15) is 16.1 Å². The molecule has 0 radical (unpaired) electrons. The molecular formula is C13H14N4O4. The third-order valence-electron chi connectivity index (χ3n) is 2.85. The number of furan rings is 1. The van der Waals surface area contributed by atoms with Crippen molar-refractivity contribution in [3.63, 3.8) is 0 Å². The smallest absolute Gasteiger partial charge is 0.270 e. The Morgan fingerprint density at radius 1 is 1.38 bits per heavy atom. The van der Waals surface area contributed by atoms with Crippen LogP contribution in [-0.4, -0.2) is 17.4 Å². The number of hydrazine groups is 1. The predicted octanol–water partition coefficient (Wildman–Crippen LogP) is 1.45. The lowest BCUT2D eigenvalue weighted by Crippen LogP contribution is -2.27. The van der Waals surface area contributed by atoms with Crippen LogP contribution in [0.2, 0.25) is 0 Å². The second kappa shape index (κ2) is 6.53. The number of nitrogens with one attached hydrogen (secondary N) is 2. The Morgan fingerprint density at radius 3 is 2.81 bits per heavy atom. The summed E-state index contributed by atoms with van der Waals surface area (Å²) in [4.78, 5) is 22.3. The summed E-state index contributed by atoms with van der Waals surface area (Å²) in [5, 5.41) is 13.4. The zero-order valence-corrected chi connectivity index (χ0v) is 11.0. The number of anilines is 1. The molecule has 0 saturated carbocycles. The van der Waals surface area contributed by atoms with Crippen LogP contribution in [0.4, 0.5) is 11.4 Å². The van der Waals surface area contributed by atoms with E-state index in [2.05, 4.69) is 10.7 Å². The summed E-state index contributed by atoms with van der Waals surface area (Å²) in [5.74, 6) is 5.60. The first kappa shape index (κ1) is 14.5. The number of benzene rings is 1. The van der Waals surface area contributed by atoms with Gasteiger partial charge in [-0.1, -0.05) is 0 Å². The summed E-state index contributed by atoms with van der Waals surface area (Å²) in [6.07, 6.45) is 2.08. The SMILES string of the molecule is NNc1ccc([N+](=O)[O-])cc1C(=O)NCCc1ccco1. The van der Waals surface area contributed by atoms with E-state index >= 15 is 0 Å². The minimum Gasteiger partial charge on any atom is -0.469 e. The van der Waals surface area contributed by atoms with Crippen molar-refractivity contribution in [3.05, 3.63) is 58.0 Å². The van der Waals surface area contributed by atoms with Crippen molar-refractivity contribution >= 4 is 17.3 Å². The highest BCUT2D eigenvalue weighted by atomic mass is 16.6. The fourth-order valence-electron chi connectivity index (χ4n) is 1.81. The van der Waals surface area contributed by atoms with E-state index < -0.39 is 10.8 Å². The minimum absolute atomic E-state index is 0.117. The maximum absolute atomic E-state index is 12.1. The molecule has 4 N–H and O–H groups in total. The summed E-state index contributed by atoms with van der Waals surface area (Å²) in [5.41, 5.74) is 2.60. The predicted molar refractivity (Wildman–Crippen MR) is 75.7 cm³/mol. The second-order valence-corrected chi connectivity index (χ2v) is 4.22. The minimum atomic E-state index is -0.570. The maximum atomic E-state index is 12.1. The van der Waals surface area contributed by atoms with Crippen molar-refractivity contribution in [3.8, 4) is 0 Å². The highest BCUT2D eigenvalue weighted by molar-refractivity contribution is 6.00. The van der Waals surface area contributed by atoms with Gasteiger partial charge in [0.1, 0.15) is 5.76 Å². The van der Waals surface area contributed by atoms with Gasteiger partial charge in [-0.15, -0.1) is 0 Å². The molecule has 1 aromatic carbocycles. The molecule has 1 aromatic heterocycles. The van der Waals surface area contributed by atoms with Crippen molar-refractivity contribution in [2.24, 2.45) is 5.84 Å². The molecule has 1 amide bonds. The van der Waals surface area contributed by atoms with Gasteiger partial charge in [0.15, 0.2) is 0 Å². The lowest BCUT2D eigenvalue weighted by Gasteiger charge is -2.09. The number of carbonyl (C=O) groups excluding carboxylic acids is 1. The third kappa shape index (κ3) is 3.57. The normalized spacial score (nSPS) is 10.1. The van der Waals surface area contributed by atoms with Crippen LogP contribution in [0, 0.1) is 10.1 Å². The van der Waals surface area contributed by atoms with Crippen LogP contribution >= 0.6 is 0 Å². The molecule has 0 aliphatic carbocycles. The Labute approximate surface area is 120 Å². The van der Waals surface area contributed by atoms with Gasteiger partial charge in [-0.3, -0.25) is 20.8 Å². The number of nitrogens with two attached hydrogens (primary N) is 1. The van der Waals surface area contributed by atoms with E-state index in [1.165, 1.54) is 18.2 Å². The summed E-state index contributed by atoms with van der Waals surface area (Å²) >= 11 is 0. The molecule has 0 spiro atoms. The standard InChI is InChI=1S/C13H14N4O4/c14-16-12-4-3-9(17(19)20)8-11(12)13(18)15-6-5-10-2-1-7-21-10/h1-4,7-8,16H,5-6,14H2,(H,15,18). The van der Waals surface area contributed by atoms with Gasteiger partial charge in [0, 0.05) is 25.1 Å². The van der Waals surface area contributed by atoms with Gasteiger partial charge in [0.2, 0.25) is 0 Å². The molecule has 0 saturated heterocycles. The molecule has 8 nitrogen and oxygen atoms in total. The van der Waals surface area contributed by atoms with E-state index in [0.29, 0.717) is 18.7 Å². The van der Waals surface area contributed by atoms with E-state index in [9.17, 15) is 14.9 Å². The number of nitro groups is 1. The summed E-state index contributed by atoms with van der Waals surface area (Å²) in [6.45, 7) is 0.346. The first-order valence-corrected chi connectivity index (χ1v) is 6.17. The van der Waals surface area contributed by atoms with E-state index in [1.807, 2.05) is 0 Å². The van der Waals surface area contributed by atoms with Crippen LogP contribution in [0.3, 0.4) is 0 Å². The molecule has 1 heterocycles. The van der Waals surface area contributed by atoms with Gasteiger partial charge in [-0.05, 0) is 18.2 Å². The maximum Gasteiger partial charge on any atom is 0.270 e. The number of carbonyl (C=O) groups is 1. The number of nitrogens with zero attached hydrogens (tertiary/aromatic N) is 1. The molecule has 0 fully saturated rings. The van der Waals surface area contributed by atoms with Crippen LogP contribution < -0.4 is 16.6 Å². The van der Waals surface area contributed by atoms with Crippen molar-refractivity contribution < 1.29 is 14.1 Å². The summed E-state index contributed by atoms with van der Waals surface area (Å²) < 4.78 is 5.14. The van der Waals surface area contributed by atoms with Crippen LogP contribution in [0.5, 0.6) is 0 Å². The monoisotopic (exact) mass is 290 g/mol. The average molecular weight is 290 g/mol. The van der Waals surface area contributed by atoms with Crippen molar-refractivity contribution in [2.45, 2.75) is 6.42 Å². The van der Waals surface area contributed by atoms with Gasteiger partial charge >= 0.3 is 0 Å². The van der Waals surface area contributed by atoms with Crippen molar-refractivity contribution in [1.29, 1.82) is 0 Å². The Kier molecular flexibility index (Phi) is 4.52. The quantitative estimate of drug-likeness (QED) is 0.420. The average Bonchev–Trinajstić information content (AvgIpc) is 2.99. The van der Waals surface area contributed by atoms with Gasteiger partial charge < -0.3 is 15.2 Å². The molecule has 0 atom stereocenters. The number of nitro benzene ring substituents is 1. The number of amides is 1. The van der Waals surface area contributed by atoms with Crippen LogP contribution in [0.25, 0.3) is 0 Å². The Hall–Kier alpha value is -2.87. The molecule has 2 rings (SSSR count). The fourth-order valence-corrected chi connectivity index (χ4v) is 1.81. The Morgan fingerprint density at radius 2 is 2.19 bits per heavy atom. The Balaban J connectivity index is 2.06. The van der Waals surface area contributed by atoms with Crippen molar-refractivity contribution in [1.82, 2.24) is 5.32 Å². The molecule has 21 heavy (non-hydrogen) atoms. The fraction of sp³-hybridized carbons (Fsp3) is 0.154. The number of non-ortho nitro benzene ring substituents is 1. The number of hydrogen-bond acceptors (Lipinski definition) is 6. The van der Waals surface area contributed by atoms with E-state index in [0.717, 1.165) is 5.76 Å². The molecular weight excluding hydrogens is 276 g/mol. The lowest BCUT2D eigenvalue weighted by molar-refractivity contribution is -0.384. The first-order valence-electron chi connectivity index (χ1n) is 6.17. The number of rotatable bonds is 6. The molecule has 110 valence electrons. The van der Waals surface area contributed by atoms with E-state index in [4.69, 9.17) is 10.3 Å². The molecule has 0 aliphatic heterocycles. The zero-order valence-electron chi connectivity index (χ0n) is 11.0. The van der Waals surface area contributed by atoms with Crippen LogP contribution in [-0.2, 0) is 6.42 Å². The van der Waals surface area contributed by atoms with Gasteiger partial charge in [-0.25, -0.2) is 0 Å². The molecule has 0 aliphatic rings. The number of hydrogen-bond donors (Lipinski definition) is 3. The lowest BCUT2D eigenvalue weighted by atomic mass is 10.1. The number of nitrogen functional groups attached to an aromatic ring is 1. The second-order valence-electron chi connectivity index (χ2n) is 4.22. The Bertz CT molecular complexity index is 640. The largest absolute Gasteiger partial charge is 0.469 e. The topological polar surface area (TPSA) is 123 Å². The summed E-state index contributed by atoms with van der Waals surface area (Å²) in [7, 11) is 0. The summed E-state index contributed by atoms with van der Waals surface area (Å²) in [6, 6.07) is 7.40. The van der Waals surface area contributed by atoms with Gasteiger partial charge in [0.05, 0.1) is 22.4 Å². The van der Waals surface area contributed by atoms with Gasteiger partial charge in [-0.2, -0.15) is 0 Å². The van der Waals surface area contributed by atoms with Crippen molar-refractivity contribution in [2.75, 3.05) is 12.0 Å². The highest BCUT2D eigenvalue weighted by Crippen LogP contribution is 2.21. The van der Waals surface area contributed by atoms with E-state index in [1.54, 1.807) is 18.4 Å². The van der Waals surface area contributed by atoms with Crippen LogP contribution in [0.15, 0.2) is 41.0 Å². The third-order valence-corrected chi connectivity index (χ3v) is 2.85.